The van der Waals surface area contributed by atoms with E-state index in [1.54, 1.807) is 0 Å². The Balaban J connectivity index is 1.86. The summed E-state index contributed by atoms with van der Waals surface area (Å²) >= 11 is 3.52. The molecule has 0 unspecified atom stereocenters. The number of benzene rings is 1. The summed E-state index contributed by atoms with van der Waals surface area (Å²) in [5, 5.41) is 0. The lowest BCUT2D eigenvalue weighted by atomic mass is 9.73. The van der Waals surface area contributed by atoms with E-state index in [2.05, 4.69) is 58.9 Å². The zero-order valence-corrected chi connectivity index (χ0v) is 17.5. The first-order valence-corrected chi connectivity index (χ1v) is 9.85. The van der Waals surface area contributed by atoms with Gasteiger partial charge in [0.1, 0.15) is 5.60 Å². The van der Waals surface area contributed by atoms with Gasteiger partial charge in [-0.3, -0.25) is 0 Å². The van der Waals surface area contributed by atoms with Crippen LogP contribution in [0.5, 0.6) is 0 Å². The Morgan fingerprint density at radius 2 is 1.80 bits per heavy atom. The Morgan fingerprint density at radius 1 is 1.16 bits per heavy atom. The van der Waals surface area contributed by atoms with Gasteiger partial charge in [0, 0.05) is 29.8 Å². The first kappa shape index (κ1) is 18.6. The molecule has 3 fully saturated rings. The van der Waals surface area contributed by atoms with Crippen LogP contribution in [0.3, 0.4) is 0 Å². The number of rotatable bonds is 1. The van der Waals surface area contributed by atoms with Gasteiger partial charge in [-0.25, -0.2) is 4.79 Å². The van der Waals surface area contributed by atoms with Crippen LogP contribution < -0.4 is 4.90 Å². The van der Waals surface area contributed by atoms with Gasteiger partial charge in [-0.05, 0) is 62.8 Å². The summed E-state index contributed by atoms with van der Waals surface area (Å²) in [7, 11) is 0. The van der Waals surface area contributed by atoms with Crippen molar-refractivity contribution in [2.24, 2.45) is 11.3 Å². The predicted molar refractivity (Wildman–Crippen MR) is 105 cm³/mol. The van der Waals surface area contributed by atoms with Crippen molar-refractivity contribution in [1.82, 2.24) is 4.90 Å². The highest BCUT2D eigenvalue weighted by Crippen LogP contribution is 2.43. The van der Waals surface area contributed by atoms with Gasteiger partial charge < -0.3 is 14.5 Å². The number of amides is 1. The number of hydrogen-bond acceptors (Lipinski definition) is 3. The smallest absolute Gasteiger partial charge is 0.410 e. The van der Waals surface area contributed by atoms with Crippen LogP contribution in [0.4, 0.5) is 10.5 Å². The van der Waals surface area contributed by atoms with Crippen molar-refractivity contribution in [2.45, 2.75) is 52.7 Å². The zero-order valence-electron chi connectivity index (χ0n) is 15.9. The van der Waals surface area contributed by atoms with Crippen LogP contribution in [0.15, 0.2) is 28.7 Å². The van der Waals surface area contributed by atoms with E-state index < -0.39 is 5.60 Å². The van der Waals surface area contributed by atoms with Crippen LogP contribution in [0.2, 0.25) is 0 Å². The molecule has 3 saturated heterocycles. The maximum absolute atomic E-state index is 12.7. The van der Waals surface area contributed by atoms with Crippen LogP contribution in [0, 0.1) is 11.3 Å². The summed E-state index contributed by atoms with van der Waals surface area (Å²) < 4.78 is 6.73. The molecular weight excluding hydrogens is 380 g/mol. The second-order valence-electron chi connectivity index (χ2n) is 9.09. The summed E-state index contributed by atoms with van der Waals surface area (Å²) in [5.74, 6) is 0.463. The van der Waals surface area contributed by atoms with Crippen molar-refractivity contribution in [2.75, 3.05) is 24.5 Å². The topological polar surface area (TPSA) is 32.8 Å². The molecule has 3 heterocycles. The first-order chi connectivity index (χ1) is 11.5. The highest BCUT2D eigenvalue weighted by atomic mass is 79.9. The molecule has 3 aliphatic heterocycles. The Bertz CT molecular complexity index is 636. The van der Waals surface area contributed by atoms with Gasteiger partial charge in [0.2, 0.25) is 0 Å². The number of hydrogen-bond donors (Lipinski definition) is 0. The molecule has 1 amide bonds. The minimum Gasteiger partial charge on any atom is -0.444 e. The third-order valence-electron chi connectivity index (χ3n) is 5.23. The van der Waals surface area contributed by atoms with Gasteiger partial charge in [0.05, 0.1) is 6.04 Å². The highest BCUT2D eigenvalue weighted by Gasteiger charge is 2.47. The van der Waals surface area contributed by atoms with Gasteiger partial charge in [-0.1, -0.05) is 29.8 Å². The maximum Gasteiger partial charge on any atom is 0.410 e. The van der Waals surface area contributed by atoms with Gasteiger partial charge in [-0.2, -0.15) is 0 Å². The fourth-order valence-corrected chi connectivity index (χ4v) is 4.49. The molecule has 2 atom stereocenters. The van der Waals surface area contributed by atoms with Crippen molar-refractivity contribution in [3.8, 4) is 0 Å². The number of fused-ring (bicyclic) bond motifs is 4. The molecule has 3 aliphatic rings. The number of piperidine rings is 1. The van der Waals surface area contributed by atoms with Crippen molar-refractivity contribution in [1.29, 1.82) is 0 Å². The lowest BCUT2D eigenvalue weighted by Gasteiger charge is -2.48. The van der Waals surface area contributed by atoms with E-state index in [0.29, 0.717) is 18.5 Å². The predicted octanol–water partition coefficient (Wildman–Crippen LogP) is 4.92. The zero-order chi connectivity index (χ0) is 18.4. The third-order valence-corrected chi connectivity index (χ3v) is 5.76. The van der Waals surface area contributed by atoms with E-state index in [1.165, 1.54) is 5.69 Å². The van der Waals surface area contributed by atoms with Crippen molar-refractivity contribution >= 4 is 27.7 Å². The van der Waals surface area contributed by atoms with E-state index in [4.69, 9.17) is 4.74 Å². The van der Waals surface area contributed by atoms with Crippen LogP contribution >= 0.6 is 15.9 Å². The van der Waals surface area contributed by atoms with Gasteiger partial charge in [0.15, 0.2) is 0 Å². The van der Waals surface area contributed by atoms with E-state index >= 15 is 0 Å². The van der Waals surface area contributed by atoms with Crippen molar-refractivity contribution in [3.63, 3.8) is 0 Å². The largest absolute Gasteiger partial charge is 0.444 e. The molecule has 0 saturated carbocycles. The van der Waals surface area contributed by atoms with E-state index in [1.807, 2.05) is 25.7 Å². The Labute approximate surface area is 159 Å². The quantitative estimate of drug-likeness (QED) is 0.660. The Hall–Kier alpha value is -1.23. The van der Waals surface area contributed by atoms with Crippen LogP contribution in [0.25, 0.3) is 0 Å². The van der Waals surface area contributed by atoms with E-state index in [0.717, 1.165) is 24.0 Å². The lowest BCUT2D eigenvalue weighted by Crippen LogP contribution is -2.54. The molecule has 4 nitrogen and oxygen atoms in total. The van der Waals surface area contributed by atoms with Crippen LogP contribution in [-0.4, -0.2) is 42.3 Å². The first-order valence-electron chi connectivity index (χ1n) is 9.05. The number of carbonyl (C=O) groups is 1. The molecule has 4 rings (SSSR count). The van der Waals surface area contributed by atoms with Gasteiger partial charge in [0.25, 0.3) is 0 Å². The number of ether oxygens (including phenoxy) is 1. The fraction of sp³-hybridized carbons (Fsp3) is 0.650. The molecule has 25 heavy (non-hydrogen) atoms. The average molecular weight is 409 g/mol. The lowest BCUT2D eigenvalue weighted by molar-refractivity contribution is 0.0240. The Kier molecular flexibility index (Phi) is 4.82. The molecular formula is C20H29BrN2O2. The second kappa shape index (κ2) is 6.49. The van der Waals surface area contributed by atoms with Crippen LogP contribution in [0.1, 0.15) is 41.0 Å². The maximum atomic E-state index is 12.7. The van der Waals surface area contributed by atoms with E-state index in [-0.39, 0.29) is 11.5 Å². The molecule has 138 valence electrons. The number of halogens is 1. The summed E-state index contributed by atoms with van der Waals surface area (Å²) in [4.78, 5) is 17.1. The summed E-state index contributed by atoms with van der Waals surface area (Å²) in [6.45, 7) is 12.9. The molecule has 1 aromatic rings. The molecule has 0 aromatic heterocycles. The number of nitrogens with zero attached hydrogens (tertiary/aromatic N) is 2. The second-order valence-corrected chi connectivity index (χ2v) is 10.0. The molecule has 0 N–H and O–H groups in total. The minimum absolute atomic E-state index is 0.159. The van der Waals surface area contributed by atoms with Crippen LogP contribution in [-0.2, 0) is 4.74 Å². The Morgan fingerprint density at radius 3 is 2.40 bits per heavy atom. The summed E-state index contributed by atoms with van der Waals surface area (Å²) in [5.41, 5.74) is 0.938. The SMILES string of the molecule is CC(C)(C)OC(=O)N1C[C@@H]2CN(c3ccc(Br)cc3)[C@H](C1)C(C)(C)C2. The van der Waals surface area contributed by atoms with Crippen molar-refractivity contribution in [3.05, 3.63) is 28.7 Å². The standard InChI is InChI=1S/C20H29BrN2O2/c1-19(2,3)25-18(24)22-11-14-10-20(4,5)17(13-22)23(12-14)16-8-6-15(21)7-9-16/h6-9,14,17H,10-13H2,1-5H3/t14-,17-/m1/s1. The van der Waals surface area contributed by atoms with E-state index in [9.17, 15) is 4.79 Å². The molecule has 5 heteroatoms. The highest BCUT2D eigenvalue weighted by molar-refractivity contribution is 9.10. The minimum atomic E-state index is -0.455. The number of carbonyl (C=O) groups excluding carboxylic acids is 1. The normalized spacial score (nSPS) is 25.7. The average Bonchev–Trinajstić information content (AvgIpc) is 2.73. The molecule has 1 aromatic carbocycles. The number of anilines is 1. The molecule has 0 aliphatic carbocycles. The summed E-state index contributed by atoms with van der Waals surface area (Å²) in [6.07, 6.45) is 0.960. The molecule has 0 spiro atoms. The molecule has 2 bridgehead atoms. The fourth-order valence-electron chi connectivity index (χ4n) is 4.23. The summed E-state index contributed by atoms with van der Waals surface area (Å²) in [6, 6.07) is 8.80. The van der Waals surface area contributed by atoms with Crippen molar-refractivity contribution < 1.29 is 9.53 Å². The monoisotopic (exact) mass is 408 g/mol. The van der Waals surface area contributed by atoms with Gasteiger partial charge >= 0.3 is 6.09 Å². The van der Waals surface area contributed by atoms with Gasteiger partial charge in [-0.15, -0.1) is 0 Å². The third kappa shape index (κ3) is 4.13. The molecule has 0 radical (unpaired) electrons.